The molecule has 2 atom stereocenters. The zero-order chi connectivity index (χ0) is 36.1. The number of carbonyl (C=O) groups excluding carboxylic acids is 1. The highest BCUT2D eigenvalue weighted by molar-refractivity contribution is 6.09. The lowest BCUT2D eigenvalue weighted by Gasteiger charge is -2.31. The van der Waals surface area contributed by atoms with Gasteiger partial charge in [-0.25, -0.2) is 9.79 Å². The molecule has 0 radical (unpaired) electrons. The van der Waals surface area contributed by atoms with Gasteiger partial charge in [-0.05, 0) is 68.2 Å². The van der Waals surface area contributed by atoms with Gasteiger partial charge in [0.1, 0.15) is 5.82 Å². The summed E-state index contributed by atoms with van der Waals surface area (Å²) in [5, 5.41) is 13.3. The number of aliphatic imine (C=N–C) groups is 1. The van der Waals surface area contributed by atoms with E-state index in [0.717, 1.165) is 0 Å². The van der Waals surface area contributed by atoms with Crippen molar-refractivity contribution in [2.24, 2.45) is 29.6 Å². The van der Waals surface area contributed by atoms with E-state index in [2.05, 4.69) is 16.7 Å². The number of allylic oxidation sites excluding steroid dienone is 1. The van der Waals surface area contributed by atoms with Crippen LogP contribution in [-0.4, -0.2) is 68.2 Å². The number of aliphatic carboxylic acids is 1. The van der Waals surface area contributed by atoms with Crippen molar-refractivity contribution in [1.82, 2.24) is 19.6 Å². The molecule has 1 aromatic carbocycles. The maximum Gasteiger partial charge on any atom is 0.416 e. The summed E-state index contributed by atoms with van der Waals surface area (Å²) in [6, 6.07) is 0.457. The predicted octanol–water partition coefficient (Wildman–Crippen LogP) is 6.68. The van der Waals surface area contributed by atoms with Crippen LogP contribution >= 0.6 is 0 Å². The number of aryl methyl sites for hydroxylation is 1. The zero-order valence-corrected chi connectivity index (χ0v) is 27.2. The fourth-order valence-electron chi connectivity index (χ4n) is 6.32. The quantitative estimate of drug-likeness (QED) is 0.198. The molecule has 3 N–H and O–H groups in total. The second-order valence-electron chi connectivity index (χ2n) is 12.5. The van der Waals surface area contributed by atoms with Gasteiger partial charge in [-0.3, -0.25) is 9.48 Å². The van der Waals surface area contributed by atoms with E-state index in [4.69, 9.17) is 10.5 Å². The zero-order valence-electron chi connectivity index (χ0n) is 27.2. The summed E-state index contributed by atoms with van der Waals surface area (Å²) in [6.07, 6.45) is -1.80. The van der Waals surface area contributed by atoms with Gasteiger partial charge in [0.2, 0.25) is 0 Å². The van der Waals surface area contributed by atoms with Crippen LogP contribution in [0.25, 0.3) is 5.57 Å². The largest absolute Gasteiger partial charge is 0.481 e. The molecule has 0 bridgehead atoms. The van der Waals surface area contributed by atoms with Crippen LogP contribution < -0.4 is 5.73 Å². The predicted molar refractivity (Wildman–Crippen MR) is 169 cm³/mol. The van der Waals surface area contributed by atoms with Crippen molar-refractivity contribution in [2.75, 3.05) is 13.2 Å². The van der Waals surface area contributed by atoms with Gasteiger partial charge in [0, 0.05) is 55.9 Å². The smallest absolute Gasteiger partial charge is 0.416 e. The first kappa shape index (κ1) is 37.3. The lowest BCUT2D eigenvalue weighted by atomic mass is 9.82. The highest BCUT2D eigenvalue weighted by atomic mass is 19.4. The highest BCUT2D eigenvalue weighted by Gasteiger charge is 2.40. The first-order valence-electron chi connectivity index (χ1n) is 15.8. The molecule has 10 nitrogen and oxygen atoms in total. The van der Waals surface area contributed by atoms with E-state index >= 15 is 0 Å². The number of hydrogen-bond donors (Lipinski definition) is 2. The molecular weight excluding hydrogens is 658 g/mol. The van der Waals surface area contributed by atoms with E-state index in [1.165, 1.54) is 33.1 Å². The Kier molecular flexibility index (Phi) is 11.7. The minimum Gasteiger partial charge on any atom is -0.481 e. The van der Waals surface area contributed by atoms with Crippen LogP contribution in [0.5, 0.6) is 0 Å². The summed E-state index contributed by atoms with van der Waals surface area (Å²) < 4.78 is 89.5. The normalized spacial score (nSPS) is 22.0. The van der Waals surface area contributed by atoms with Crippen LogP contribution in [0, 0.1) is 11.8 Å². The third kappa shape index (κ3) is 9.57. The van der Waals surface area contributed by atoms with Crippen LogP contribution in [0.15, 0.2) is 54.2 Å². The molecule has 4 rings (SSSR count). The first-order chi connectivity index (χ1) is 23.0. The molecule has 2 aliphatic rings. The fraction of sp³-hybridized carbons (Fsp3) is 0.515. The van der Waals surface area contributed by atoms with Crippen LogP contribution in [0.4, 0.5) is 31.1 Å². The monoisotopic (exact) mass is 698 g/mol. The van der Waals surface area contributed by atoms with Crippen LogP contribution in [-0.2, 0) is 35.5 Å². The van der Waals surface area contributed by atoms with E-state index in [0.29, 0.717) is 61.8 Å². The number of amides is 1. The number of benzene rings is 1. The topological polar surface area (TPSA) is 126 Å². The minimum atomic E-state index is -5.03. The third-order valence-electron chi connectivity index (χ3n) is 9.08. The van der Waals surface area contributed by atoms with E-state index in [1.807, 2.05) is 6.92 Å². The molecule has 1 aliphatic carbocycles. The number of carboxylic acid groups (broad SMARTS) is 1. The summed E-state index contributed by atoms with van der Waals surface area (Å²) in [5.41, 5.74) is 3.68. The van der Waals surface area contributed by atoms with Gasteiger partial charge in [-0.1, -0.05) is 13.5 Å². The van der Waals surface area contributed by atoms with Crippen molar-refractivity contribution < 1.29 is 45.8 Å². The fourth-order valence-corrected chi connectivity index (χ4v) is 6.32. The molecule has 1 amide bonds. The number of nitrogens with zero attached hydrogens (tertiary/aromatic N) is 5. The number of carboxylic acids is 1. The Morgan fingerprint density at radius 2 is 1.76 bits per heavy atom. The highest BCUT2D eigenvalue weighted by Crippen LogP contribution is 2.38. The van der Waals surface area contributed by atoms with Crippen LogP contribution in [0.3, 0.4) is 0 Å². The summed E-state index contributed by atoms with van der Waals surface area (Å²) in [6.45, 7) is 5.58. The van der Waals surface area contributed by atoms with E-state index in [-0.39, 0.29) is 42.6 Å². The van der Waals surface area contributed by atoms with Crippen LogP contribution in [0.2, 0.25) is 0 Å². The van der Waals surface area contributed by atoms with Crippen LogP contribution in [0.1, 0.15) is 67.7 Å². The van der Waals surface area contributed by atoms with Gasteiger partial charge in [-0.2, -0.15) is 31.4 Å². The number of alkyl halides is 6. The van der Waals surface area contributed by atoms with Gasteiger partial charge in [0.05, 0.1) is 35.9 Å². The molecule has 16 heteroatoms. The summed E-state index contributed by atoms with van der Waals surface area (Å²) in [5.74, 6) is -1.22. The molecular formula is C33H40F6N6O4. The van der Waals surface area contributed by atoms with Crippen molar-refractivity contribution in [3.8, 4) is 0 Å². The SMILES string of the molecule is C=C(/N=C\C(=C/N)c1cnn(C)c1)N(Cc1cc(C(F)(F)F)cc(C(F)(F)F)c1)[C@H]1C[C@@H](CC)N(C(=O)OC[C@H]2CC[C@H](C(=O)O)CC2)C1. The Balaban J connectivity index is 1.59. The van der Waals surface area contributed by atoms with Crippen molar-refractivity contribution in [3.63, 3.8) is 0 Å². The van der Waals surface area contributed by atoms with E-state index in [9.17, 15) is 41.0 Å². The van der Waals surface area contributed by atoms with Gasteiger partial charge < -0.3 is 25.4 Å². The molecule has 268 valence electrons. The number of nitrogens with two attached hydrogens (primary N) is 1. The van der Waals surface area contributed by atoms with Gasteiger partial charge >= 0.3 is 24.4 Å². The Labute approximate surface area is 279 Å². The molecule has 2 heterocycles. The maximum atomic E-state index is 13.7. The number of rotatable bonds is 11. The number of aromatic nitrogens is 2. The van der Waals surface area contributed by atoms with Crippen molar-refractivity contribution in [1.29, 1.82) is 0 Å². The second kappa shape index (κ2) is 15.4. The average molecular weight is 699 g/mol. The van der Waals surface area contributed by atoms with Crippen molar-refractivity contribution in [3.05, 3.63) is 71.4 Å². The van der Waals surface area contributed by atoms with Gasteiger partial charge in [0.25, 0.3) is 0 Å². The van der Waals surface area contributed by atoms with E-state index in [1.54, 1.807) is 13.2 Å². The van der Waals surface area contributed by atoms with Gasteiger partial charge in [0.15, 0.2) is 0 Å². The van der Waals surface area contributed by atoms with E-state index < -0.39 is 54.0 Å². The molecule has 2 fully saturated rings. The molecule has 1 saturated carbocycles. The lowest BCUT2D eigenvalue weighted by molar-refractivity contribution is -0.144. The number of carbonyl (C=O) groups is 2. The number of likely N-dealkylation sites (tertiary alicyclic amines) is 1. The summed E-state index contributed by atoms with van der Waals surface area (Å²) >= 11 is 0. The molecule has 1 aliphatic heterocycles. The number of ether oxygens (including phenoxy) is 1. The van der Waals surface area contributed by atoms with Crippen molar-refractivity contribution in [2.45, 2.75) is 76.4 Å². The van der Waals surface area contributed by atoms with Crippen molar-refractivity contribution >= 4 is 23.9 Å². The minimum absolute atomic E-state index is 0.0111. The molecule has 49 heavy (non-hydrogen) atoms. The second-order valence-corrected chi connectivity index (χ2v) is 12.5. The average Bonchev–Trinajstić information content (AvgIpc) is 3.68. The Bertz CT molecular complexity index is 1530. The third-order valence-corrected chi connectivity index (χ3v) is 9.08. The molecule has 0 unspecified atom stereocenters. The number of hydrogen-bond acceptors (Lipinski definition) is 7. The Morgan fingerprint density at radius 3 is 2.27 bits per heavy atom. The lowest BCUT2D eigenvalue weighted by Crippen LogP contribution is -2.39. The summed E-state index contributed by atoms with van der Waals surface area (Å²) in [7, 11) is 1.70. The molecule has 2 aromatic rings. The number of halogens is 6. The molecule has 0 spiro atoms. The Morgan fingerprint density at radius 1 is 1.12 bits per heavy atom. The summed E-state index contributed by atoms with van der Waals surface area (Å²) in [4.78, 5) is 32.0. The first-order valence-corrected chi connectivity index (χ1v) is 15.8. The molecule has 1 aromatic heterocycles. The maximum absolute atomic E-state index is 13.7. The Hall–Kier alpha value is -4.50. The molecule has 1 saturated heterocycles. The standard InChI is InChI=1S/C33H40F6N6O4/c1-4-28-12-29(18-45(28)31(48)49-19-21-5-7-23(8-6-21)30(46)47)44(20(2)41-14-24(13-40)25-15-42-43(3)17-25)16-22-9-26(32(34,35)36)11-27(10-22)33(37,38)39/h9-11,13-15,17,21,23,28-29H,2,4-8,12,16,18-19,40H2,1,3H3,(H,46,47)/b24-13+,41-14-/t21-,23-,28-,29+/m1/s1. The van der Waals surface area contributed by atoms with Gasteiger partial charge in [-0.15, -0.1) is 0 Å².